The van der Waals surface area contributed by atoms with Crippen LogP contribution in [0.1, 0.15) is 0 Å². The summed E-state index contributed by atoms with van der Waals surface area (Å²) >= 11 is 11.7. The summed E-state index contributed by atoms with van der Waals surface area (Å²) in [5, 5.41) is 11.8. The lowest BCUT2D eigenvalue weighted by atomic mass is 10.3. The molecule has 0 bridgehead atoms. The number of benzene rings is 1. The van der Waals surface area contributed by atoms with Crippen LogP contribution in [0.15, 0.2) is 24.5 Å². The number of carbonyl (C=O) groups is 1. The van der Waals surface area contributed by atoms with Crippen LogP contribution in [0.2, 0.25) is 10.0 Å². The molecule has 0 saturated carbocycles. The number of nitrogens with two attached hydrogens (primary N) is 1. The summed E-state index contributed by atoms with van der Waals surface area (Å²) in [4.78, 5) is 12.1. The van der Waals surface area contributed by atoms with E-state index in [1.807, 2.05) is 0 Å². The van der Waals surface area contributed by atoms with Gasteiger partial charge in [-0.3, -0.25) is 0 Å². The number of nitrogens with zero attached hydrogens (tertiary/aromatic N) is 4. The standard InChI is InChI=1S/C11H11Cl2N5O3/c12-9-2-1-7(3-10(9)13)20-5-8(21-11(14)19)4-18-16-6-15-17-18/h1-3,6,8H,4-5H2,(H2,14,19). The number of halogens is 2. The van der Waals surface area contributed by atoms with E-state index in [2.05, 4.69) is 15.4 Å². The average Bonchev–Trinajstić information content (AvgIpc) is 2.92. The van der Waals surface area contributed by atoms with E-state index in [1.54, 1.807) is 18.2 Å². The second-order valence-electron chi connectivity index (χ2n) is 3.94. The third kappa shape index (κ3) is 4.76. The lowest BCUT2D eigenvalue weighted by Gasteiger charge is -2.16. The number of aromatic nitrogens is 4. The van der Waals surface area contributed by atoms with Crippen molar-refractivity contribution in [1.82, 2.24) is 20.2 Å². The quantitative estimate of drug-likeness (QED) is 0.860. The van der Waals surface area contributed by atoms with Crippen molar-refractivity contribution in [3.63, 3.8) is 0 Å². The van der Waals surface area contributed by atoms with Crippen LogP contribution in [0.4, 0.5) is 4.79 Å². The molecule has 8 nitrogen and oxygen atoms in total. The van der Waals surface area contributed by atoms with Crippen molar-refractivity contribution >= 4 is 29.3 Å². The molecule has 0 fully saturated rings. The molecule has 2 aromatic rings. The first kappa shape index (κ1) is 15.3. The van der Waals surface area contributed by atoms with Crippen LogP contribution < -0.4 is 10.5 Å². The van der Waals surface area contributed by atoms with Crippen LogP contribution in [0.25, 0.3) is 0 Å². The van der Waals surface area contributed by atoms with E-state index in [0.717, 1.165) is 0 Å². The third-order valence-electron chi connectivity index (χ3n) is 2.37. The van der Waals surface area contributed by atoms with E-state index in [0.29, 0.717) is 15.8 Å². The van der Waals surface area contributed by atoms with Crippen LogP contribution >= 0.6 is 23.2 Å². The Morgan fingerprint density at radius 1 is 1.38 bits per heavy atom. The molecule has 0 radical (unpaired) electrons. The normalized spacial score (nSPS) is 11.9. The van der Waals surface area contributed by atoms with Crippen molar-refractivity contribution in [1.29, 1.82) is 0 Å². The summed E-state index contributed by atoms with van der Waals surface area (Å²) in [5.74, 6) is 0.481. The Labute approximate surface area is 129 Å². The fourth-order valence-electron chi connectivity index (χ4n) is 1.50. The van der Waals surface area contributed by atoms with Crippen molar-refractivity contribution in [3.05, 3.63) is 34.6 Å². The molecular formula is C11H11Cl2N5O3. The van der Waals surface area contributed by atoms with E-state index in [9.17, 15) is 4.79 Å². The van der Waals surface area contributed by atoms with Gasteiger partial charge >= 0.3 is 6.09 Å². The summed E-state index contributed by atoms with van der Waals surface area (Å²) in [5.41, 5.74) is 5.01. The molecule has 0 aliphatic heterocycles. The van der Waals surface area contributed by atoms with Gasteiger partial charge in [-0.1, -0.05) is 23.2 Å². The lowest BCUT2D eigenvalue weighted by Crippen LogP contribution is -2.32. The monoisotopic (exact) mass is 331 g/mol. The van der Waals surface area contributed by atoms with Gasteiger partial charge in [-0.05, 0) is 17.3 Å². The molecule has 1 aromatic carbocycles. The fourth-order valence-corrected chi connectivity index (χ4v) is 1.79. The predicted octanol–water partition coefficient (Wildman–Crippen LogP) is 1.52. The Morgan fingerprint density at radius 2 is 2.19 bits per heavy atom. The molecule has 0 saturated heterocycles. The highest BCUT2D eigenvalue weighted by molar-refractivity contribution is 6.42. The first-order valence-electron chi connectivity index (χ1n) is 5.79. The smallest absolute Gasteiger partial charge is 0.404 e. The molecular weight excluding hydrogens is 321 g/mol. The number of rotatable bonds is 6. The summed E-state index contributed by atoms with van der Waals surface area (Å²) in [6, 6.07) is 4.80. The van der Waals surface area contributed by atoms with Gasteiger partial charge in [0.2, 0.25) is 0 Å². The SMILES string of the molecule is NC(=O)OC(COc1ccc(Cl)c(Cl)c1)Cn1ncnn1. The molecule has 0 spiro atoms. The number of tetrazole rings is 1. The Hall–Kier alpha value is -2.06. The van der Waals surface area contributed by atoms with Crippen molar-refractivity contribution in [2.45, 2.75) is 12.6 Å². The molecule has 1 atom stereocenters. The van der Waals surface area contributed by atoms with Crippen molar-refractivity contribution in [3.8, 4) is 5.75 Å². The zero-order chi connectivity index (χ0) is 15.2. The van der Waals surface area contributed by atoms with Crippen LogP contribution in [0.3, 0.4) is 0 Å². The topological polar surface area (TPSA) is 105 Å². The molecule has 2 rings (SSSR count). The largest absolute Gasteiger partial charge is 0.490 e. The van der Waals surface area contributed by atoms with Gasteiger partial charge in [0.1, 0.15) is 18.9 Å². The zero-order valence-corrected chi connectivity index (χ0v) is 12.2. The summed E-state index contributed by atoms with van der Waals surface area (Å²) < 4.78 is 10.4. The Bertz CT molecular complexity index is 608. The molecule has 2 N–H and O–H groups in total. The summed E-state index contributed by atoms with van der Waals surface area (Å²) in [6.07, 6.45) is -0.328. The molecule has 10 heteroatoms. The van der Waals surface area contributed by atoms with Crippen molar-refractivity contribution in [2.24, 2.45) is 5.73 Å². The van der Waals surface area contributed by atoms with E-state index >= 15 is 0 Å². The van der Waals surface area contributed by atoms with Crippen LogP contribution in [0.5, 0.6) is 5.75 Å². The Kier molecular flexibility index (Phi) is 5.18. The first-order chi connectivity index (χ1) is 10.0. The fraction of sp³-hybridized carbons (Fsp3) is 0.273. The second kappa shape index (κ2) is 7.09. The number of carbonyl (C=O) groups excluding carboxylic acids is 1. The molecule has 21 heavy (non-hydrogen) atoms. The lowest BCUT2D eigenvalue weighted by molar-refractivity contribution is 0.0560. The van der Waals surface area contributed by atoms with Gasteiger partial charge in [0, 0.05) is 6.07 Å². The van der Waals surface area contributed by atoms with E-state index in [-0.39, 0.29) is 13.2 Å². The van der Waals surface area contributed by atoms with Crippen molar-refractivity contribution in [2.75, 3.05) is 6.61 Å². The maximum atomic E-state index is 10.9. The van der Waals surface area contributed by atoms with E-state index in [1.165, 1.54) is 11.1 Å². The van der Waals surface area contributed by atoms with Gasteiger partial charge in [-0.25, -0.2) is 4.79 Å². The summed E-state index contributed by atoms with van der Waals surface area (Å²) in [7, 11) is 0. The van der Waals surface area contributed by atoms with Gasteiger partial charge < -0.3 is 15.2 Å². The van der Waals surface area contributed by atoms with E-state index in [4.69, 9.17) is 38.4 Å². The average molecular weight is 332 g/mol. The molecule has 1 unspecified atom stereocenters. The zero-order valence-electron chi connectivity index (χ0n) is 10.6. The van der Waals surface area contributed by atoms with Gasteiger partial charge in [-0.2, -0.15) is 4.80 Å². The number of ether oxygens (including phenoxy) is 2. The minimum absolute atomic E-state index is 0.0441. The van der Waals surface area contributed by atoms with Crippen LogP contribution in [-0.4, -0.2) is 39.0 Å². The maximum Gasteiger partial charge on any atom is 0.404 e. The Morgan fingerprint density at radius 3 is 2.81 bits per heavy atom. The van der Waals surface area contributed by atoms with Crippen LogP contribution in [-0.2, 0) is 11.3 Å². The van der Waals surface area contributed by atoms with Gasteiger partial charge in [0.25, 0.3) is 0 Å². The predicted molar refractivity (Wildman–Crippen MR) is 74.2 cm³/mol. The van der Waals surface area contributed by atoms with Gasteiger partial charge in [0.15, 0.2) is 12.4 Å². The third-order valence-corrected chi connectivity index (χ3v) is 3.11. The number of amides is 1. The first-order valence-corrected chi connectivity index (χ1v) is 6.55. The highest BCUT2D eigenvalue weighted by Gasteiger charge is 2.16. The van der Waals surface area contributed by atoms with Gasteiger partial charge in [-0.15, -0.1) is 10.2 Å². The molecule has 1 heterocycles. The number of hydrogen-bond acceptors (Lipinski definition) is 6. The van der Waals surface area contributed by atoms with Crippen LogP contribution in [0, 0.1) is 0 Å². The number of hydrogen-bond donors (Lipinski definition) is 1. The maximum absolute atomic E-state index is 10.9. The minimum Gasteiger partial charge on any atom is -0.490 e. The van der Waals surface area contributed by atoms with E-state index < -0.39 is 12.2 Å². The van der Waals surface area contributed by atoms with Crippen molar-refractivity contribution < 1.29 is 14.3 Å². The summed E-state index contributed by atoms with van der Waals surface area (Å²) in [6.45, 7) is 0.201. The molecule has 0 aliphatic carbocycles. The minimum atomic E-state index is -0.919. The highest BCUT2D eigenvalue weighted by Crippen LogP contribution is 2.26. The molecule has 1 amide bonds. The highest BCUT2D eigenvalue weighted by atomic mass is 35.5. The second-order valence-corrected chi connectivity index (χ2v) is 4.75. The Balaban J connectivity index is 1.97. The number of primary amides is 1. The van der Waals surface area contributed by atoms with Gasteiger partial charge in [0.05, 0.1) is 10.0 Å². The molecule has 1 aromatic heterocycles. The molecule has 112 valence electrons. The molecule has 0 aliphatic rings.